The number of nitriles is 1. The molecular formula is C12H6BrClN2O2. The van der Waals surface area contributed by atoms with Crippen molar-refractivity contribution in [3.8, 4) is 6.07 Å². The van der Waals surface area contributed by atoms with Gasteiger partial charge in [0.05, 0.1) is 11.3 Å². The lowest BCUT2D eigenvalue weighted by Gasteiger charge is -2.05. The van der Waals surface area contributed by atoms with Crippen LogP contribution in [0.5, 0.6) is 0 Å². The Labute approximate surface area is 116 Å². The number of benzene rings is 1. The molecule has 0 aliphatic carbocycles. The first kappa shape index (κ1) is 12.7. The number of carbonyl (C=O) groups is 1. The molecule has 1 N–H and O–H groups in total. The van der Waals surface area contributed by atoms with Crippen molar-refractivity contribution < 1.29 is 9.21 Å². The van der Waals surface area contributed by atoms with Gasteiger partial charge in [-0.3, -0.25) is 4.79 Å². The smallest absolute Gasteiger partial charge is 0.291 e. The van der Waals surface area contributed by atoms with Gasteiger partial charge in [0, 0.05) is 4.47 Å². The first-order valence-corrected chi connectivity index (χ1v) is 6.03. The minimum atomic E-state index is -0.462. The number of amides is 1. The SMILES string of the molecule is N#Cc1ccc(Br)cc1NC(=O)c1ccc(Cl)o1. The Kier molecular flexibility index (Phi) is 3.70. The van der Waals surface area contributed by atoms with Crippen molar-refractivity contribution in [1.82, 2.24) is 0 Å². The lowest BCUT2D eigenvalue weighted by atomic mass is 10.2. The van der Waals surface area contributed by atoms with Crippen LogP contribution < -0.4 is 5.32 Å². The van der Waals surface area contributed by atoms with Crippen molar-refractivity contribution in [2.75, 3.05) is 5.32 Å². The molecule has 0 saturated heterocycles. The molecule has 0 saturated carbocycles. The molecule has 1 aromatic carbocycles. The fourth-order valence-corrected chi connectivity index (χ4v) is 1.84. The summed E-state index contributed by atoms with van der Waals surface area (Å²) < 4.78 is 5.74. The van der Waals surface area contributed by atoms with E-state index in [1.807, 2.05) is 6.07 Å². The highest BCUT2D eigenvalue weighted by atomic mass is 79.9. The van der Waals surface area contributed by atoms with Crippen molar-refractivity contribution >= 4 is 39.1 Å². The van der Waals surface area contributed by atoms with Crippen molar-refractivity contribution in [2.24, 2.45) is 0 Å². The van der Waals surface area contributed by atoms with Crippen molar-refractivity contribution in [1.29, 1.82) is 5.26 Å². The predicted octanol–water partition coefficient (Wildman–Crippen LogP) is 3.82. The number of anilines is 1. The molecule has 1 aromatic heterocycles. The molecule has 0 spiro atoms. The molecule has 0 atom stereocenters. The van der Waals surface area contributed by atoms with Crippen molar-refractivity contribution in [3.63, 3.8) is 0 Å². The summed E-state index contributed by atoms with van der Waals surface area (Å²) in [5, 5.41) is 11.7. The second-order valence-corrected chi connectivity index (χ2v) is 4.65. The lowest BCUT2D eigenvalue weighted by Crippen LogP contribution is -2.11. The molecule has 0 aliphatic heterocycles. The van der Waals surface area contributed by atoms with Crippen LogP contribution >= 0.6 is 27.5 Å². The Balaban J connectivity index is 2.27. The molecule has 6 heteroatoms. The molecule has 1 amide bonds. The van der Waals surface area contributed by atoms with Crippen LogP contribution in [0, 0.1) is 11.3 Å². The largest absolute Gasteiger partial charge is 0.440 e. The van der Waals surface area contributed by atoms with Crippen molar-refractivity contribution in [3.05, 3.63) is 51.3 Å². The van der Waals surface area contributed by atoms with Crippen LogP contribution in [-0.4, -0.2) is 5.91 Å². The highest BCUT2D eigenvalue weighted by Gasteiger charge is 2.13. The number of carbonyl (C=O) groups excluding carboxylic acids is 1. The number of rotatable bonds is 2. The average molecular weight is 326 g/mol. The van der Waals surface area contributed by atoms with E-state index in [1.54, 1.807) is 18.2 Å². The van der Waals surface area contributed by atoms with E-state index in [0.29, 0.717) is 11.3 Å². The topological polar surface area (TPSA) is 66.0 Å². The molecule has 0 aliphatic rings. The van der Waals surface area contributed by atoms with Gasteiger partial charge in [-0.25, -0.2) is 0 Å². The molecule has 1 heterocycles. The van der Waals surface area contributed by atoms with Crippen LogP contribution in [-0.2, 0) is 0 Å². The number of hydrogen-bond acceptors (Lipinski definition) is 3. The van der Waals surface area contributed by atoms with Crippen LogP contribution in [0.25, 0.3) is 0 Å². The van der Waals surface area contributed by atoms with E-state index in [1.165, 1.54) is 12.1 Å². The minimum absolute atomic E-state index is 0.0869. The van der Waals surface area contributed by atoms with E-state index in [4.69, 9.17) is 21.3 Å². The number of nitrogens with one attached hydrogen (secondary N) is 1. The standard InChI is InChI=1S/C12H6BrClN2O2/c13-8-2-1-7(6-15)9(5-8)16-12(17)10-3-4-11(14)18-10/h1-5H,(H,16,17). The van der Waals surface area contributed by atoms with Crippen LogP contribution in [0.3, 0.4) is 0 Å². The van der Waals surface area contributed by atoms with Gasteiger partial charge in [-0.2, -0.15) is 5.26 Å². The van der Waals surface area contributed by atoms with Gasteiger partial charge in [0.2, 0.25) is 0 Å². The maximum Gasteiger partial charge on any atom is 0.291 e. The summed E-state index contributed by atoms with van der Waals surface area (Å²) in [6.07, 6.45) is 0. The Morgan fingerprint density at radius 1 is 1.39 bits per heavy atom. The third-order valence-corrected chi connectivity index (χ3v) is 2.84. The van der Waals surface area contributed by atoms with E-state index in [0.717, 1.165) is 4.47 Å². The maximum atomic E-state index is 11.8. The zero-order chi connectivity index (χ0) is 13.1. The van der Waals surface area contributed by atoms with Crippen LogP contribution in [0.4, 0.5) is 5.69 Å². The van der Waals surface area contributed by atoms with Gasteiger partial charge in [-0.05, 0) is 41.9 Å². The molecule has 18 heavy (non-hydrogen) atoms. The molecule has 0 radical (unpaired) electrons. The zero-order valence-corrected chi connectivity index (χ0v) is 11.2. The maximum absolute atomic E-state index is 11.8. The van der Waals surface area contributed by atoms with Gasteiger partial charge in [0.25, 0.3) is 5.91 Å². The average Bonchev–Trinajstić information content (AvgIpc) is 2.76. The molecule has 4 nitrogen and oxygen atoms in total. The second-order valence-electron chi connectivity index (χ2n) is 3.36. The third kappa shape index (κ3) is 2.73. The summed E-state index contributed by atoms with van der Waals surface area (Å²) in [6, 6.07) is 9.89. The van der Waals surface area contributed by atoms with Crippen LogP contribution in [0.2, 0.25) is 5.22 Å². The monoisotopic (exact) mass is 324 g/mol. The van der Waals surface area contributed by atoms with Gasteiger partial charge in [0.15, 0.2) is 11.0 Å². The molecular weight excluding hydrogens is 320 g/mol. The normalized spacial score (nSPS) is 9.83. The van der Waals surface area contributed by atoms with E-state index in [9.17, 15) is 4.79 Å². The van der Waals surface area contributed by atoms with Crippen LogP contribution in [0.1, 0.15) is 16.1 Å². The fraction of sp³-hybridized carbons (Fsp3) is 0. The summed E-state index contributed by atoms with van der Waals surface area (Å²) in [4.78, 5) is 11.8. The number of hydrogen-bond donors (Lipinski definition) is 1. The lowest BCUT2D eigenvalue weighted by molar-refractivity contribution is 0.0996. The van der Waals surface area contributed by atoms with Gasteiger partial charge >= 0.3 is 0 Å². The molecule has 0 unspecified atom stereocenters. The first-order valence-electron chi connectivity index (χ1n) is 4.86. The molecule has 0 bridgehead atoms. The first-order chi connectivity index (χ1) is 8.60. The summed E-state index contributed by atoms with van der Waals surface area (Å²) in [7, 11) is 0. The molecule has 0 fully saturated rings. The van der Waals surface area contributed by atoms with Crippen molar-refractivity contribution in [2.45, 2.75) is 0 Å². The third-order valence-electron chi connectivity index (χ3n) is 2.15. The Hall–Kier alpha value is -1.77. The van der Waals surface area contributed by atoms with Gasteiger partial charge in [-0.15, -0.1) is 0 Å². The highest BCUT2D eigenvalue weighted by molar-refractivity contribution is 9.10. The summed E-state index contributed by atoms with van der Waals surface area (Å²) >= 11 is 8.86. The van der Waals surface area contributed by atoms with E-state index in [-0.39, 0.29) is 11.0 Å². The van der Waals surface area contributed by atoms with Crippen LogP contribution in [0.15, 0.2) is 39.2 Å². The van der Waals surface area contributed by atoms with E-state index < -0.39 is 5.91 Å². The van der Waals surface area contributed by atoms with Gasteiger partial charge < -0.3 is 9.73 Å². The summed E-state index contributed by atoms with van der Waals surface area (Å²) in [5.74, 6) is -0.375. The van der Waals surface area contributed by atoms with Gasteiger partial charge in [-0.1, -0.05) is 15.9 Å². The second kappa shape index (κ2) is 5.25. The molecule has 2 aromatic rings. The fourth-order valence-electron chi connectivity index (χ4n) is 1.34. The molecule has 90 valence electrons. The highest BCUT2D eigenvalue weighted by Crippen LogP contribution is 2.22. The number of furan rings is 1. The Morgan fingerprint density at radius 2 is 2.17 bits per heavy atom. The minimum Gasteiger partial charge on any atom is -0.440 e. The molecule has 2 rings (SSSR count). The number of nitrogens with zero attached hydrogens (tertiary/aromatic N) is 1. The van der Waals surface area contributed by atoms with E-state index in [2.05, 4.69) is 21.2 Å². The summed E-state index contributed by atoms with van der Waals surface area (Å²) in [5.41, 5.74) is 0.772. The Bertz CT molecular complexity index is 646. The summed E-state index contributed by atoms with van der Waals surface area (Å²) in [6.45, 7) is 0. The number of halogens is 2. The quantitative estimate of drug-likeness (QED) is 0.912. The zero-order valence-electron chi connectivity index (χ0n) is 8.91. The van der Waals surface area contributed by atoms with E-state index >= 15 is 0 Å². The predicted molar refractivity (Wildman–Crippen MR) is 70.5 cm³/mol. The Morgan fingerprint density at radius 3 is 2.78 bits per heavy atom. The van der Waals surface area contributed by atoms with Gasteiger partial charge in [0.1, 0.15) is 6.07 Å².